The summed E-state index contributed by atoms with van der Waals surface area (Å²) < 4.78 is 29.0. The summed E-state index contributed by atoms with van der Waals surface area (Å²) in [7, 11) is 0. The summed E-state index contributed by atoms with van der Waals surface area (Å²) in [6, 6.07) is 8.58. The number of rotatable bonds is 4. The number of hydrogen-bond acceptors (Lipinski definition) is 3. The molecule has 0 amide bonds. The van der Waals surface area contributed by atoms with Crippen molar-refractivity contribution in [1.82, 2.24) is 9.78 Å². The number of carbonyl (C=O) groups excluding carboxylic acids is 1. The zero-order chi connectivity index (χ0) is 18.4. The van der Waals surface area contributed by atoms with Crippen molar-refractivity contribution in [3.05, 3.63) is 63.3 Å². The summed E-state index contributed by atoms with van der Waals surface area (Å²) in [5.41, 5.74) is 0.882. The molecule has 0 unspecified atom stereocenters. The fourth-order valence-electron chi connectivity index (χ4n) is 2.61. The van der Waals surface area contributed by atoms with E-state index in [4.69, 9.17) is 23.2 Å². The van der Waals surface area contributed by atoms with Crippen LogP contribution in [0.5, 0.6) is 0 Å². The van der Waals surface area contributed by atoms with Crippen LogP contribution in [0.3, 0.4) is 0 Å². The first-order valence-corrected chi connectivity index (χ1v) is 7.97. The second-order valence-electron chi connectivity index (χ2n) is 5.54. The van der Waals surface area contributed by atoms with Gasteiger partial charge in [-0.1, -0.05) is 41.4 Å². The number of halogens is 4. The van der Waals surface area contributed by atoms with Crippen molar-refractivity contribution in [3.63, 3.8) is 0 Å². The second-order valence-corrected chi connectivity index (χ2v) is 6.35. The van der Waals surface area contributed by atoms with Crippen molar-refractivity contribution in [1.29, 1.82) is 0 Å². The van der Waals surface area contributed by atoms with E-state index in [-0.39, 0.29) is 57.9 Å². The molecule has 0 atom stereocenters. The van der Waals surface area contributed by atoms with E-state index in [1.54, 1.807) is 25.1 Å². The minimum atomic E-state index is -4.10. The Labute approximate surface area is 200 Å². The molecule has 0 saturated heterocycles. The number of carboxylic acid groups (broad SMARTS) is 1. The monoisotopic (exact) mass is 422 g/mol. The fraction of sp³-hybridized carbons (Fsp3) is 0.176. The van der Waals surface area contributed by atoms with E-state index in [1.807, 2.05) is 0 Å². The van der Waals surface area contributed by atoms with Gasteiger partial charge in [0.2, 0.25) is 0 Å². The number of hydrogen-bond donors (Lipinski definition) is 0. The van der Waals surface area contributed by atoms with Crippen LogP contribution in [0, 0.1) is 6.92 Å². The number of aromatic nitrogens is 2. The Balaban J connectivity index is 0.00000243. The van der Waals surface area contributed by atoms with Gasteiger partial charge in [-0.3, -0.25) is 4.68 Å². The van der Waals surface area contributed by atoms with Crippen molar-refractivity contribution in [3.8, 4) is 0 Å². The predicted molar refractivity (Wildman–Crippen MR) is 88.9 cm³/mol. The normalized spacial score (nSPS) is 11.4. The van der Waals surface area contributed by atoms with Crippen molar-refractivity contribution < 1.29 is 70.1 Å². The molecule has 26 heavy (non-hydrogen) atoms. The second kappa shape index (κ2) is 8.22. The number of fused-ring (bicyclic) bond motifs is 1. The van der Waals surface area contributed by atoms with Crippen molar-refractivity contribution in [2.24, 2.45) is 0 Å². The van der Waals surface area contributed by atoms with Crippen LogP contribution in [0.1, 0.15) is 16.8 Å². The maximum absolute atomic E-state index is 13.8. The molecule has 0 saturated carbocycles. The molecule has 3 rings (SSSR count). The maximum Gasteiger partial charge on any atom is 1.00 e. The summed E-state index contributed by atoms with van der Waals surface area (Å²) in [5.74, 6) is -6.55. The summed E-state index contributed by atoms with van der Waals surface area (Å²) in [6.07, 6.45) is 0. The van der Waals surface area contributed by atoms with Gasteiger partial charge in [0.1, 0.15) is 5.97 Å². The molecular formula is C17H11Cl2F2KN2O2. The van der Waals surface area contributed by atoms with Gasteiger partial charge in [-0.25, -0.2) is 0 Å². The molecule has 0 spiro atoms. The van der Waals surface area contributed by atoms with E-state index < -0.39 is 17.5 Å². The number of aliphatic carboxylic acids is 1. The third-order valence-electron chi connectivity index (χ3n) is 3.92. The Morgan fingerprint density at radius 3 is 2.42 bits per heavy atom. The SMILES string of the molecule is Cc1nn(Cc2c(Cl)cccc2Cl)c2cc(C(F)(F)C(=O)[O-])ccc12.[K+]. The number of carbonyl (C=O) groups is 1. The number of carboxylic acids is 1. The molecule has 0 aliphatic rings. The van der Waals surface area contributed by atoms with Gasteiger partial charge in [-0.05, 0) is 25.1 Å². The van der Waals surface area contributed by atoms with Crippen LogP contribution in [-0.4, -0.2) is 15.7 Å². The maximum atomic E-state index is 13.8. The molecule has 0 radical (unpaired) electrons. The van der Waals surface area contributed by atoms with Gasteiger partial charge in [0.05, 0.1) is 17.8 Å². The van der Waals surface area contributed by atoms with Gasteiger partial charge in [0.25, 0.3) is 0 Å². The fourth-order valence-corrected chi connectivity index (χ4v) is 3.12. The molecule has 4 nitrogen and oxygen atoms in total. The Morgan fingerprint density at radius 1 is 1.23 bits per heavy atom. The van der Waals surface area contributed by atoms with Gasteiger partial charge >= 0.3 is 57.3 Å². The molecule has 2 aromatic carbocycles. The van der Waals surface area contributed by atoms with Crippen molar-refractivity contribution in [2.45, 2.75) is 19.4 Å². The first-order valence-electron chi connectivity index (χ1n) is 7.21. The van der Waals surface area contributed by atoms with Crippen LogP contribution in [0.4, 0.5) is 8.78 Å². The summed E-state index contributed by atoms with van der Waals surface area (Å²) in [4.78, 5) is 10.7. The zero-order valence-electron chi connectivity index (χ0n) is 13.9. The van der Waals surface area contributed by atoms with Crippen LogP contribution in [-0.2, 0) is 17.3 Å². The quantitative estimate of drug-likeness (QED) is 0.576. The standard InChI is InChI=1S/C17H12Cl2F2N2O2.K/c1-9-11-6-5-10(17(20,21)16(24)25)7-15(11)23(22-9)8-12-13(18)3-2-4-14(12)19;/h2-7H,8H2,1H3,(H,24,25);/q;+1/p-1. The summed E-state index contributed by atoms with van der Waals surface area (Å²) in [5, 5.41) is 16.5. The molecule has 0 aliphatic carbocycles. The predicted octanol–water partition coefficient (Wildman–Crippen LogP) is 0.546. The molecular weight excluding hydrogens is 412 g/mol. The van der Waals surface area contributed by atoms with Crippen molar-refractivity contribution in [2.75, 3.05) is 0 Å². The zero-order valence-corrected chi connectivity index (χ0v) is 18.5. The number of nitrogens with zero attached hydrogens (tertiary/aromatic N) is 2. The van der Waals surface area contributed by atoms with Gasteiger partial charge in [-0.15, -0.1) is 0 Å². The largest absolute Gasteiger partial charge is 1.00 e. The topological polar surface area (TPSA) is 58.0 Å². The smallest absolute Gasteiger partial charge is 0.544 e. The molecule has 1 heterocycles. The van der Waals surface area contributed by atoms with E-state index in [0.717, 1.165) is 12.1 Å². The molecule has 0 aliphatic heterocycles. The van der Waals surface area contributed by atoms with Gasteiger partial charge in [0, 0.05) is 26.6 Å². The van der Waals surface area contributed by atoms with Gasteiger partial charge in [0.15, 0.2) is 0 Å². The van der Waals surface area contributed by atoms with Crippen LogP contribution in [0.25, 0.3) is 10.9 Å². The minimum Gasteiger partial charge on any atom is -0.544 e. The van der Waals surface area contributed by atoms with Crippen LogP contribution < -0.4 is 56.5 Å². The van der Waals surface area contributed by atoms with Gasteiger partial charge < -0.3 is 9.90 Å². The molecule has 130 valence electrons. The third kappa shape index (κ3) is 3.99. The van der Waals surface area contributed by atoms with E-state index in [2.05, 4.69) is 5.10 Å². The number of aryl methyl sites for hydroxylation is 1. The Kier molecular flexibility index (Phi) is 6.88. The van der Waals surface area contributed by atoms with E-state index in [1.165, 1.54) is 10.7 Å². The van der Waals surface area contributed by atoms with E-state index in [9.17, 15) is 18.7 Å². The van der Waals surface area contributed by atoms with E-state index >= 15 is 0 Å². The first kappa shape index (κ1) is 21.8. The summed E-state index contributed by atoms with van der Waals surface area (Å²) in [6.45, 7) is 1.88. The first-order chi connectivity index (χ1) is 11.7. The van der Waals surface area contributed by atoms with E-state index in [0.29, 0.717) is 32.2 Å². The van der Waals surface area contributed by atoms with Crippen molar-refractivity contribution >= 4 is 40.1 Å². The molecule has 1 aromatic heterocycles. The minimum absolute atomic E-state index is 0. The molecule has 9 heteroatoms. The third-order valence-corrected chi connectivity index (χ3v) is 4.63. The average molecular weight is 423 g/mol. The van der Waals surface area contributed by atoms with Crippen LogP contribution in [0.2, 0.25) is 10.0 Å². The van der Waals surface area contributed by atoms with Crippen LogP contribution in [0.15, 0.2) is 36.4 Å². The Morgan fingerprint density at radius 2 is 1.85 bits per heavy atom. The molecule has 3 aromatic rings. The average Bonchev–Trinajstić information content (AvgIpc) is 2.86. The Hall–Kier alpha value is -0.544. The molecule has 0 bridgehead atoms. The number of alkyl halides is 2. The molecule has 0 fully saturated rings. The van der Waals surface area contributed by atoms with Crippen LogP contribution >= 0.6 is 23.2 Å². The summed E-state index contributed by atoms with van der Waals surface area (Å²) >= 11 is 12.3. The number of benzene rings is 2. The van der Waals surface area contributed by atoms with Gasteiger partial charge in [-0.2, -0.15) is 13.9 Å². The molecule has 0 N–H and O–H groups in total. The Bertz CT molecular complexity index is 972.